The van der Waals surface area contributed by atoms with Gasteiger partial charge in [-0.3, -0.25) is 9.59 Å². The molecule has 0 aliphatic rings. The van der Waals surface area contributed by atoms with Gasteiger partial charge in [-0.15, -0.1) is 0 Å². The van der Waals surface area contributed by atoms with Crippen LogP contribution in [0, 0.1) is 0 Å². The van der Waals surface area contributed by atoms with E-state index in [1.54, 1.807) is 18.2 Å². The second-order valence-corrected chi connectivity index (χ2v) is 5.15. The number of carbonyl (C=O) groups excluding carboxylic acids is 2. The van der Waals surface area contributed by atoms with Gasteiger partial charge in [0.15, 0.2) is 0 Å². The molecule has 0 N–H and O–H groups in total. The van der Waals surface area contributed by atoms with Gasteiger partial charge in [-0.1, -0.05) is 31.9 Å². The molecule has 1 unspecified atom stereocenters. The minimum absolute atomic E-state index is 0.0766. The number of hydrogen-bond donors (Lipinski definition) is 0. The van der Waals surface area contributed by atoms with Crippen molar-refractivity contribution < 1.29 is 9.59 Å². The van der Waals surface area contributed by atoms with Crippen LogP contribution in [-0.2, 0) is 4.79 Å². The zero-order chi connectivity index (χ0) is 11.6. The maximum Gasteiger partial charge on any atom is 0.252 e. The highest BCUT2D eigenvalue weighted by Crippen LogP contribution is 2.30. The van der Waals surface area contributed by atoms with Crippen molar-refractivity contribution in [2.75, 3.05) is 0 Å². The highest BCUT2D eigenvalue weighted by Gasteiger charge is 2.19. The molecule has 0 spiro atoms. The number of Topliss-reactive ketones (excluding diaryl/α,β-unsaturated/α-hetero) is 1. The van der Waals surface area contributed by atoms with E-state index in [1.165, 1.54) is 6.92 Å². The minimum Gasteiger partial charge on any atom is -0.298 e. The summed E-state index contributed by atoms with van der Waals surface area (Å²) in [4.78, 5) is 21.8. The highest BCUT2D eigenvalue weighted by molar-refractivity contribution is 9.10. The van der Waals surface area contributed by atoms with E-state index in [0.717, 1.165) is 4.47 Å². The van der Waals surface area contributed by atoms with Gasteiger partial charge in [-0.05, 0) is 42.3 Å². The van der Waals surface area contributed by atoms with Crippen LogP contribution in [0.5, 0.6) is 0 Å². The van der Waals surface area contributed by atoms with Crippen LogP contribution in [0.2, 0.25) is 0 Å². The second-order valence-electron chi connectivity index (χ2n) is 2.98. The SMILES string of the molecule is CC(=O)C(Br)c1cc(Br)ccc1C(=O)Cl. The molecule has 0 radical (unpaired) electrons. The molecule has 1 atom stereocenters. The van der Waals surface area contributed by atoms with Crippen molar-refractivity contribution in [3.63, 3.8) is 0 Å². The molecule has 80 valence electrons. The van der Waals surface area contributed by atoms with Gasteiger partial charge in [0.2, 0.25) is 0 Å². The first-order chi connectivity index (χ1) is 6.93. The van der Waals surface area contributed by atoms with E-state index in [1.807, 2.05) is 0 Å². The summed E-state index contributed by atoms with van der Waals surface area (Å²) in [5.74, 6) is -0.0766. The Hall–Kier alpha value is -0.190. The van der Waals surface area contributed by atoms with Gasteiger partial charge >= 0.3 is 0 Å². The fourth-order valence-electron chi connectivity index (χ4n) is 1.14. The molecule has 0 aliphatic carbocycles. The van der Waals surface area contributed by atoms with Crippen molar-refractivity contribution in [3.05, 3.63) is 33.8 Å². The fourth-order valence-corrected chi connectivity index (χ4v) is 2.07. The third kappa shape index (κ3) is 3.13. The third-order valence-electron chi connectivity index (χ3n) is 1.86. The topological polar surface area (TPSA) is 34.1 Å². The maximum absolute atomic E-state index is 11.2. The van der Waals surface area contributed by atoms with Gasteiger partial charge in [0.05, 0.1) is 4.83 Å². The zero-order valence-electron chi connectivity index (χ0n) is 7.76. The number of rotatable bonds is 3. The normalized spacial score (nSPS) is 12.3. The van der Waals surface area contributed by atoms with E-state index in [4.69, 9.17) is 11.6 Å². The summed E-state index contributed by atoms with van der Waals surface area (Å²) in [6, 6.07) is 5.00. The minimum atomic E-state index is -0.566. The summed E-state index contributed by atoms with van der Waals surface area (Å²) in [6.45, 7) is 1.45. The molecule has 15 heavy (non-hydrogen) atoms. The van der Waals surface area contributed by atoms with Gasteiger partial charge in [0.25, 0.3) is 5.24 Å². The van der Waals surface area contributed by atoms with Crippen molar-refractivity contribution in [1.82, 2.24) is 0 Å². The van der Waals surface area contributed by atoms with Crippen LogP contribution in [0.4, 0.5) is 0 Å². The predicted octanol–water partition coefficient (Wildman–Crippen LogP) is 3.85. The fraction of sp³-hybridized carbons (Fsp3) is 0.200. The van der Waals surface area contributed by atoms with Crippen LogP contribution in [0.15, 0.2) is 22.7 Å². The Morgan fingerprint density at radius 3 is 2.47 bits per heavy atom. The Bertz CT molecular complexity index is 418. The van der Waals surface area contributed by atoms with Crippen LogP contribution in [0.3, 0.4) is 0 Å². The number of ketones is 1. The number of alkyl halides is 1. The van der Waals surface area contributed by atoms with Crippen molar-refractivity contribution in [2.24, 2.45) is 0 Å². The Balaban J connectivity index is 3.30. The van der Waals surface area contributed by atoms with E-state index in [-0.39, 0.29) is 5.78 Å². The molecule has 0 fully saturated rings. The van der Waals surface area contributed by atoms with E-state index in [9.17, 15) is 9.59 Å². The molecule has 0 saturated heterocycles. The summed E-state index contributed by atoms with van der Waals surface area (Å²) < 4.78 is 0.796. The summed E-state index contributed by atoms with van der Waals surface area (Å²) in [7, 11) is 0. The Labute approximate surface area is 109 Å². The van der Waals surface area contributed by atoms with Gasteiger partial charge in [-0.25, -0.2) is 0 Å². The van der Waals surface area contributed by atoms with Crippen molar-refractivity contribution in [1.29, 1.82) is 0 Å². The third-order valence-corrected chi connectivity index (χ3v) is 3.69. The first-order valence-electron chi connectivity index (χ1n) is 4.07. The lowest BCUT2D eigenvalue weighted by molar-refractivity contribution is -0.116. The van der Waals surface area contributed by atoms with Crippen LogP contribution in [0.25, 0.3) is 0 Å². The molecular formula is C10H7Br2ClO2. The van der Waals surface area contributed by atoms with E-state index in [2.05, 4.69) is 31.9 Å². The maximum atomic E-state index is 11.2. The van der Waals surface area contributed by atoms with E-state index < -0.39 is 10.1 Å². The number of hydrogen-bond acceptors (Lipinski definition) is 2. The molecule has 0 saturated carbocycles. The molecule has 0 bridgehead atoms. The van der Waals surface area contributed by atoms with E-state index in [0.29, 0.717) is 11.1 Å². The molecule has 0 aromatic heterocycles. The van der Waals surface area contributed by atoms with Crippen LogP contribution in [0.1, 0.15) is 27.7 Å². The molecule has 0 heterocycles. The molecule has 0 amide bonds. The Kier molecular flexibility index (Phi) is 4.49. The van der Waals surface area contributed by atoms with Crippen LogP contribution < -0.4 is 0 Å². The average Bonchev–Trinajstić information content (AvgIpc) is 2.15. The standard InChI is InChI=1S/C10H7Br2ClO2/c1-5(14)9(12)8-4-6(11)2-3-7(8)10(13)15/h2-4,9H,1H3. The smallest absolute Gasteiger partial charge is 0.252 e. The molecule has 1 rings (SSSR count). The molecule has 1 aromatic carbocycles. The lowest BCUT2D eigenvalue weighted by atomic mass is 10.0. The number of halogens is 3. The van der Waals surface area contributed by atoms with Crippen molar-refractivity contribution in [3.8, 4) is 0 Å². The van der Waals surface area contributed by atoms with Gasteiger partial charge in [0.1, 0.15) is 5.78 Å². The molecule has 2 nitrogen and oxygen atoms in total. The van der Waals surface area contributed by atoms with Crippen molar-refractivity contribution >= 4 is 54.5 Å². The highest BCUT2D eigenvalue weighted by atomic mass is 79.9. The summed E-state index contributed by atoms with van der Waals surface area (Å²) in [5.41, 5.74) is 0.925. The van der Waals surface area contributed by atoms with Gasteiger partial charge in [0, 0.05) is 10.0 Å². The van der Waals surface area contributed by atoms with Crippen molar-refractivity contribution in [2.45, 2.75) is 11.8 Å². The monoisotopic (exact) mass is 352 g/mol. The predicted molar refractivity (Wildman–Crippen MR) is 66.7 cm³/mol. The van der Waals surface area contributed by atoms with Crippen LogP contribution >= 0.6 is 43.5 Å². The summed E-state index contributed by atoms with van der Waals surface area (Å²) in [6.07, 6.45) is 0. The molecule has 1 aromatic rings. The average molecular weight is 354 g/mol. The Morgan fingerprint density at radius 1 is 1.40 bits per heavy atom. The first kappa shape index (κ1) is 12.9. The molecular weight excluding hydrogens is 347 g/mol. The molecule has 0 aliphatic heterocycles. The summed E-state index contributed by atoms with van der Waals surface area (Å²) in [5, 5.41) is -0.566. The quantitative estimate of drug-likeness (QED) is 0.610. The molecule has 5 heteroatoms. The largest absolute Gasteiger partial charge is 0.298 e. The van der Waals surface area contributed by atoms with E-state index >= 15 is 0 Å². The zero-order valence-corrected chi connectivity index (χ0v) is 11.7. The van der Waals surface area contributed by atoms with Gasteiger partial charge in [-0.2, -0.15) is 0 Å². The first-order valence-corrected chi connectivity index (χ1v) is 6.16. The van der Waals surface area contributed by atoms with Crippen LogP contribution in [-0.4, -0.2) is 11.0 Å². The lowest BCUT2D eigenvalue weighted by Gasteiger charge is -2.10. The lowest BCUT2D eigenvalue weighted by Crippen LogP contribution is -2.06. The van der Waals surface area contributed by atoms with Gasteiger partial charge < -0.3 is 0 Å². The second kappa shape index (κ2) is 5.23. The summed E-state index contributed by atoms with van der Waals surface area (Å²) >= 11 is 11.9. The number of benzene rings is 1. The Morgan fingerprint density at radius 2 is 2.00 bits per heavy atom. The number of carbonyl (C=O) groups is 2.